The standard InChI is InChI=1S/C3H7NO2.Li.H/c1-2(4)3(5)6;;/h2H,4H2,1H3,(H,5,6);;/q;+1;-1. The van der Waals surface area contributed by atoms with Gasteiger partial charge in [-0.1, -0.05) is 0 Å². The quantitative estimate of drug-likeness (QED) is 0.334. The van der Waals surface area contributed by atoms with Crippen molar-refractivity contribution in [2.45, 2.75) is 13.0 Å². The number of nitrogens with two attached hydrogens (primary N) is 1. The maximum absolute atomic E-state index is 9.57. The minimum atomic E-state index is -0.963. The summed E-state index contributed by atoms with van der Waals surface area (Å²) in [6.45, 7) is 1.42. The van der Waals surface area contributed by atoms with Crippen LogP contribution in [0.3, 0.4) is 0 Å². The van der Waals surface area contributed by atoms with Crippen LogP contribution in [0.5, 0.6) is 0 Å². The molecule has 0 aromatic carbocycles. The second-order valence-electron chi connectivity index (χ2n) is 1.13. The van der Waals surface area contributed by atoms with Crippen LogP contribution >= 0.6 is 0 Å². The van der Waals surface area contributed by atoms with Gasteiger partial charge in [-0.15, -0.1) is 0 Å². The van der Waals surface area contributed by atoms with Gasteiger partial charge in [0.05, 0.1) is 0 Å². The Morgan fingerprint density at radius 1 is 2.00 bits per heavy atom. The van der Waals surface area contributed by atoms with Crippen LogP contribution in [0, 0.1) is 0 Å². The molecule has 3 N–H and O–H groups in total. The Labute approximate surface area is 55.5 Å². The van der Waals surface area contributed by atoms with Crippen LogP contribution in [-0.4, -0.2) is 17.1 Å². The van der Waals surface area contributed by atoms with E-state index < -0.39 is 12.0 Å². The van der Waals surface area contributed by atoms with E-state index in [1.807, 2.05) is 0 Å². The minimum absolute atomic E-state index is 0. The van der Waals surface area contributed by atoms with Gasteiger partial charge in [-0.3, -0.25) is 4.79 Å². The molecule has 0 rings (SSSR count). The van der Waals surface area contributed by atoms with Gasteiger partial charge >= 0.3 is 24.8 Å². The van der Waals surface area contributed by atoms with Crippen molar-refractivity contribution in [3.05, 3.63) is 0 Å². The second-order valence-corrected chi connectivity index (χ2v) is 1.13. The molecule has 0 bridgehead atoms. The van der Waals surface area contributed by atoms with Gasteiger partial charge in [0.25, 0.3) is 0 Å². The fraction of sp³-hybridized carbons (Fsp3) is 0.667. The number of carbonyl (C=O) groups is 1. The first-order valence-electron chi connectivity index (χ1n) is 1.63. The van der Waals surface area contributed by atoms with Crippen molar-refractivity contribution >= 4 is 5.97 Å². The van der Waals surface area contributed by atoms with Crippen molar-refractivity contribution < 1.29 is 30.2 Å². The van der Waals surface area contributed by atoms with E-state index in [0.29, 0.717) is 0 Å². The van der Waals surface area contributed by atoms with Crippen molar-refractivity contribution in [3.63, 3.8) is 0 Å². The Kier molecular flexibility index (Phi) is 6.05. The van der Waals surface area contributed by atoms with Gasteiger partial charge < -0.3 is 12.3 Å². The molecule has 0 saturated carbocycles. The molecule has 0 aliphatic rings. The average molecular weight is 97.0 g/mol. The van der Waals surface area contributed by atoms with Crippen molar-refractivity contribution in [1.29, 1.82) is 0 Å². The third-order valence-electron chi connectivity index (χ3n) is 0.390. The number of hydrogen-bond acceptors (Lipinski definition) is 2. The Bertz CT molecular complexity index is 68.3. The van der Waals surface area contributed by atoms with Crippen LogP contribution in [0.1, 0.15) is 8.35 Å². The molecule has 38 valence electrons. The van der Waals surface area contributed by atoms with E-state index in [1.54, 1.807) is 0 Å². The molecular formula is C3H8LiNO2. The van der Waals surface area contributed by atoms with Crippen molar-refractivity contribution in [2.75, 3.05) is 0 Å². The van der Waals surface area contributed by atoms with E-state index in [2.05, 4.69) is 0 Å². The average Bonchev–Trinajstić information content (AvgIpc) is 1.36. The molecule has 0 saturated heterocycles. The van der Waals surface area contributed by atoms with Gasteiger partial charge in [-0.25, -0.2) is 0 Å². The van der Waals surface area contributed by atoms with E-state index in [4.69, 9.17) is 10.8 Å². The Balaban J connectivity index is -0.000000125. The molecule has 1 unspecified atom stereocenters. The van der Waals surface area contributed by atoms with Crippen LogP contribution in [-0.2, 0) is 4.79 Å². The van der Waals surface area contributed by atoms with Gasteiger partial charge in [0, 0.05) is 0 Å². The molecule has 0 radical (unpaired) electrons. The van der Waals surface area contributed by atoms with E-state index in [9.17, 15) is 4.79 Å². The largest absolute Gasteiger partial charge is 1.00 e. The summed E-state index contributed by atoms with van der Waals surface area (Å²) < 4.78 is 0. The van der Waals surface area contributed by atoms with Crippen LogP contribution in [0.2, 0.25) is 0 Å². The summed E-state index contributed by atoms with van der Waals surface area (Å²) in [5.74, 6) is -0.963. The SMILES string of the molecule is CC(N)C(=O)O.[H-].[Li+]. The summed E-state index contributed by atoms with van der Waals surface area (Å²) >= 11 is 0. The number of hydrogen-bond donors (Lipinski definition) is 2. The Morgan fingerprint density at radius 3 is 2.14 bits per heavy atom. The summed E-state index contributed by atoms with van der Waals surface area (Å²) in [7, 11) is 0. The fourth-order valence-corrected chi connectivity index (χ4v) is 0. The number of carboxylic acids is 1. The van der Waals surface area contributed by atoms with Crippen LogP contribution in [0.15, 0.2) is 0 Å². The van der Waals surface area contributed by atoms with E-state index in [0.717, 1.165) is 0 Å². The van der Waals surface area contributed by atoms with Crippen molar-refractivity contribution in [2.24, 2.45) is 5.73 Å². The molecule has 0 spiro atoms. The first-order chi connectivity index (χ1) is 2.64. The predicted molar refractivity (Wildman–Crippen MR) is 22.4 cm³/mol. The van der Waals surface area contributed by atoms with Crippen molar-refractivity contribution in [1.82, 2.24) is 0 Å². The summed E-state index contributed by atoms with van der Waals surface area (Å²) in [6, 6.07) is -0.731. The van der Waals surface area contributed by atoms with E-state index >= 15 is 0 Å². The zero-order valence-corrected chi connectivity index (χ0v) is 4.51. The maximum Gasteiger partial charge on any atom is 1.00 e. The summed E-state index contributed by atoms with van der Waals surface area (Å²) in [5, 5.41) is 7.87. The van der Waals surface area contributed by atoms with Gasteiger partial charge in [-0.2, -0.15) is 0 Å². The normalized spacial score (nSPS) is 11.7. The topological polar surface area (TPSA) is 63.3 Å². The van der Waals surface area contributed by atoms with Gasteiger partial charge in [0.1, 0.15) is 6.04 Å². The smallest absolute Gasteiger partial charge is 1.00 e. The van der Waals surface area contributed by atoms with Gasteiger partial charge in [-0.05, 0) is 6.92 Å². The van der Waals surface area contributed by atoms with Crippen LogP contribution in [0.25, 0.3) is 0 Å². The van der Waals surface area contributed by atoms with Crippen LogP contribution in [0.4, 0.5) is 0 Å². The maximum atomic E-state index is 9.57. The molecule has 0 heterocycles. The number of rotatable bonds is 1. The first-order valence-corrected chi connectivity index (χ1v) is 1.63. The molecule has 0 aliphatic heterocycles. The Morgan fingerprint density at radius 2 is 2.14 bits per heavy atom. The molecule has 0 aliphatic carbocycles. The third kappa shape index (κ3) is 6.03. The summed E-state index contributed by atoms with van der Waals surface area (Å²) in [6.07, 6.45) is 0. The van der Waals surface area contributed by atoms with Crippen molar-refractivity contribution in [3.8, 4) is 0 Å². The Hall–Kier alpha value is 0.0274. The summed E-state index contributed by atoms with van der Waals surface area (Å²) in [5.41, 5.74) is 4.84. The summed E-state index contributed by atoms with van der Waals surface area (Å²) in [4.78, 5) is 9.57. The minimum Gasteiger partial charge on any atom is -1.00 e. The number of aliphatic carboxylic acids is 1. The fourth-order valence-electron chi connectivity index (χ4n) is 0. The first kappa shape index (κ1) is 10.1. The molecule has 4 heteroatoms. The molecule has 0 fully saturated rings. The monoisotopic (exact) mass is 97.1 g/mol. The van der Waals surface area contributed by atoms with E-state index in [-0.39, 0.29) is 20.3 Å². The molecule has 0 aromatic rings. The second kappa shape index (κ2) is 4.19. The zero-order valence-electron chi connectivity index (χ0n) is 5.51. The van der Waals surface area contributed by atoms with Crippen LogP contribution < -0.4 is 24.6 Å². The van der Waals surface area contributed by atoms with E-state index in [1.165, 1.54) is 6.92 Å². The van der Waals surface area contributed by atoms with Gasteiger partial charge in [0.2, 0.25) is 0 Å². The molecule has 3 nitrogen and oxygen atoms in total. The third-order valence-corrected chi connectivity index (χ3v) is 0.390. The molecule has 0 amide bonds. The molecule has 7 heavy (non-hydrogen) atoms. The predicted octanol–water partition coefficient (Wildman–Crippen LogP) is -3.47. The molecular weight excluding hydrogens is 89.0 g/mol. The zero-order chi connectivity index (χ0) is 5.15. The molecule has 0 aromatic heterocycles. The van der Waals surface area contributed by atoms with Gasteiger partial charge in [0.15, 0.2) is 0 Å². The molecule has 1 atom stereocenters. The number of carboxylic acid groups (broad SMARTS) is 1.